The number of imidazole rings is 1. The molecule has 0 atom stereocenters. The lowest BCUT2D eigenvalue weighted by molar-refractivity contribution is -0.116. The monoisotopic (exact) mass is 383 g/mol. The van der Waals surface area contributed by atoms with Crippen LogP contribution >= 0.6 is 0 Å². The molecule has 0 aliphatic carbocycles. The maximum atomic E-state index is 12.5. The van der Waals surface area contributed by atoms with Crippen LogP contribution in [0.3, 0.4) is 0 Å². The van der Waals surface area contributed by atoms with Crippen molar-refractivity contribution in [2.45, 2.75) is 31.7 Å². The first kappa shape index (κ1) is 18.4. The predicted octanol–water partition coefficient (Wildman–Crippen LogP) is 0.964. The van der Waals surface area contributed by atoms with Crippen LogP contribution < -0.4 is 16.3 Å². The molecule has 1 fully saturated rings. The Bertz CT molecular complexity index is 1060. The Morgan fingerprint density at radius 2 is 1.93 bits per heavy atom. The fourth-order valence-corrected chi connectivity index (χ4v) is 3.75. The van der Waals surface area contributed by atoms with Crippen molar-refractivity contribution in [1.29, 1.82) is 0 Å². The summed E-state index contributed by atoms with van der Waals surface area (Å²) >= 11 is 0. The Hall–Kier alpha value is -2.94. The number of aromatic nitrogens is 5. The Kier molecular flexibility index (Phi) is 4.99. The van der Waals surface area contributed by atoms with Gasteiger partial charge in [0, 0.05) is 33.0 Å². The molecule has 2 N–H and O–H groups in total. The van der Waals surface area contributed by atoms with Gasteiger partial charge in [-0.15, -0.1) is 0 Å². The highest BCUT2D eigenvalue weighted by Crippen LogP contribution is 2.23. The maximum absolute atomic E-state index is 12.5. The van der Waals surface area contributed by atoms with E-state index >= 15 is 0 Å². The third kappa shape index (κ3) is 3.45. The zero-order chi connectivity index (χ0) is 19.7. The van der Waals surface area contributed by atoms with Gasteiger partial charge in [-0.1, -0.05) is 12.1 Å². The van der Waals surface area contributed by atoms with Crippen molar-refractivity contribution in [1.82, 2.24) is 29.2 Å². The molecule has 4 rings (SSSR count). The summed E-state index contributed by atoms with van der Waals surface area (Å²) in [5.74, 6) is 1.37. The lowest BCUT2D eigenvalue weighted by Crippen LogP contribution is -2.27. The zero-order valence-electron chi connectivity index (χ0n) is 16.2. The highest BCUT2D eigenvalue weighted by molar-refractivity contribution is 5.89. The van der Waals surface area contributed by atoms with Crippen LogP contribution in [0.25, 0.3) is 11.0 Å². The highest BCUT2D eigenvalue weighted by atomic mass is 16.2. The van der Waals surface area contributed by atoms with Gasteiger partial charge < -0.3 is 5.32 Å². The van der Waals surface area contributed by atoms with Crippen LogP contribution in [0.1, 0.15) is 31.0 Å². The Morgan fingerprint density at radius 1 is 1.21 bits per heavy atom. The quantitative estimate of drug-likeness (QED) is 0.684. The second-order valence-electron chi connectivity index (χ2n) is 7.22. The number of amides is 1. The molecule has 0 saturated carbocycles. The minimum absolute atomic E-state index is 0.124. The van der Waals surface area contributed by atoms with Gasteiger partial charge in [-0.05, 0) is 38.1 Å². The van der Waals surface area contributed by atoms with Gasteiger partial charge in [0.1, 0.15) is 0 Å². The van der Waals surface area contributed by atoms with E-state index in [1.54, 1.807) is 27.9 Å². The number of carbonyl (C=O) groups excluding carboxylic acids is 1. The molecular formula is C19H25N7O2. The number of nitrogens with zero attached hydrogens (tertiary/aromatic N) is 5. The van der Waals surface area contributed by atoms with Crippen molar-refractivity contribution in [2.24, 2.45) is 14.1 Å². The summed E-state index contributed by atoms with van der Waals surface area (Å²) in [6.07, 6.45) is 2.19. The molecule has 28 heavy (non-hydrogen) atoms. The van der Waals surface area contributed by atoms with Crippen LogP contribution in [0.4, 0.5) is 5.95 Å². The van der Waals surface area contributed by atoms with Gasteiger partial charge in [-0.2, -0.15) is 10.1 Å². The van der Waals surface area contributed by atoms with Gasteiger partial charge in [0.2, 0.25) is 11.9 Å². The van der Waals surface area contributed by atoms with Gasteiger partial charge >= 0.3 is 5.69 Å². The number of nitrogens with one attached hydrogen (secondary N) is 2. The van der Waals surface area contributed by atoms with Crippen LogP contribution in [-0.4, -0.2) is 42.9 Å². The highest BCUT2D eigenvalue weighted by Gasteiger charge is 2.21. The van der Waals surface area contributed by atoms with Crippen LogP contribution in [0.2, 0.25) is 0 Å². The van der Waals surface area contributed by atoms with E-state index < -0.39 is 0 Å². The van der Waals surface area contributed by atoms with Gasteiger partial charge in [0.15, 0.2) is 5.82 Å². The van der Waals surface area contributed by atoms with E-state index in [-0.39, 0.29) is 18.0 Å². The van der Waals surface area contributed by atoms with Crippen LogP contribution in [0.5, 0.6) is 0 Å². The minimum Gasteiger partial charge on any atom is -0.317 e. The number of anilines is 1. The third-order valence-electron chi connectivity index (χ3n) is 5.35. The van der Waals surface area contributed by atoms with Crippen molar-refractivity contribution >= 4 is 22.9 Å². The van der Waals surface area contributed by atoms with E-state index in [1.165, 1.54) is 0 Å². The fourth-order valence-electron chi connectivity index (χ4n) is 3.75. The van der Waals surface area contributed by atoms with Gasteiger partial charge in [-0.3, -0.25) is 19.2 Å². The average Bonchev–Trinajstić information content (AvgIpc) is 3.19. The molecule has 0 spiro atoms. The van der Waals surface area contributed by atoms with E-state index in [4.69, 9.17) is 0 Å². The Labute approximate surface area is 162 Å². The van der Waals surface area contributed by atoms with Crippen molar-refractivity contribution < 1.29 is 4.79 Å². The number of carbonyl (C=O) groups is 1. The van der Waals surface area contributed by atoms with Gasteiger partial charge in [-0.25, -0.2) is 9.48 Å². The van der Waals surface area contributed by atoms with Crippen molar-refractivity contribution in [3.63, 3.8) is 0 Å². The Morgan fingerprint density at radius 3 is 2.68 bits per heavy atom. The van der Waals surface area contributed by atoms with Crippen molar-refractivity contribution in [3.8, 4) is 0 Å². The SMILES string of the molecule is Cn1nc(C2CCNCC2)nc1NC(=O)CCn1c(=O)n(C)c2ccccc21. The number of aryl methyl sites for hydroxylation is 3. The number of para-hydroxylation sites is 2. The third-order valence-corrected chi connectivity index (χ3v) is 5.35. The molecule has 1 aliphatic rings. The molecule has 2 aromatic heterocycles. The van der Waals surface area contributed by atoms with Crippen molar-refractivity contribution in [2.75, 3.05) is 18.4 Å². The lowest BCUT2D eigenvalue weighted by Gasteiger charge is -2.19. The Balaban J connectivity index is 1.44. The molecule has 9 heteroatoms. The predicted molar refractivity (Wildman–Crippen MR) is 106 cm³/mol. The molecule has 1 amide bonds. The molecular weight excluding hydrogens is 358 g/mol. The summed E-state index contributed by atoms with van der Waals surface area (Å²) < 4.78 is 4.84. The largest absolute Gasteiger partial charge is 0.328 e. The molecule has 148 valence electrons. The van der Waals surface area contributed by atoms with Crippen LogP contribution in [0, 0.1) is 0 Å². The maximum Gasteiger partial charge on any atom is 0.328 e. The summed E-state index contributed by atoms with van der Waals surface area (Å²) in [7, 11) is 3.52. The van der Waals surface area contributed by atoms with Gasteiger partial charge in [0.05, 0.1) is 11.0 Å². The second-order valence-corrected chi connectivity index (χ2v) is 7.22. The average molecular weight is 383 g/mol. The number of piperidine rings is 1. The lowest BCUT2D eigenvalue weighted by atomic mass is 9.98. The van der Waals surface area contributed by atoms with Crippen LogP contribution in [0.15, 0.2) is 29.1 Å². The number of hydrogen-bond acceptors (Lipinski definition) is 5. The summed E-state index contributed by atoms with van der Waals surface area (Å²) in [5.41, 5.74) is 1.56. The molecule has 3 heterocycles. The molecule has 0 unspecified atom stereocenters. The molecule has 1 aromatic carbocycles. The molecule has 9 nitrogen and oxygen atoms in total. The first-order valence-corrected chi connectivity index (χ1v) is 9.60. The number of benzene rings is 1. The summed E-state index contributed by atoms with van der Waals surface area (Å²) in [5, 5.41) is 10.6. The van der Waals surface area contributed by atoms with E-state index in [2.05, 4.69) is 20.7 Å². The van der Waals surface area contributed by atoms with E-state index in [0.717, 1.165) is 42.8 Å². The molecule has 1 aliphatic heterocycles. The van der Waals surface area contributed by atoms with Crippen LogP contribution in [-0.2, 0) is 25.4 Å². The molecule has 1 saturated heterocycles. The normalized spacial score (nSPS) is 15.2. The van der Waals surface area contributed by atoms with E-state index in [9.17, 15) is 9.59 Å². The number of rotatable bonds is 5. The van der Waals surface area contributed by atoms with E-state index in [0.29, 0.717) is 18.4 Å². The smallest absolute Gasteiger partial charge is 0.317 e. The number of fused-ring (bicyclic) bond motifs is 1. The topological polar surface area (TPSA) is 98.8 Å². The van der Waals surface area contributed by atoms with Crippen molar-refractivity contribution in [3.05, 3.63) is 40.6 Å². The van der Waals surface area contributed by atoms with Gasteiger partial charge in [0.25, 0.3) is 0 Å². The standard InChI is InChI=1S/C19H25N7O2/c1-24-14-5-3-4-6-15(14)26(19(24)28)12-9-16(27)21-18-22-17(23-25(18)2)13-7-10-20-11-8-13/h3-6,13,20H,7-12H2,1-2H3,(H,21,22,23,27). The summed E-state index contributed by atoms with van der Waals surface area (Å²) in [6, 6.07) is 7.57. The first-order valence-electron chi connectivity index (χ1n) is 9.60. The molecule has 0 bridgehead atoms. The molecule has 3 aromatic rings. The van der Waals surface area contributed by atoms with E-state index in [1.807, 2.05) is 24.3 Å². The second kappa shape index (κ2) is 7.59. The summed E-state index contributed by atoms with van der Waals surface area (Å²) in [6.45, 7) is 2.24. The fraction of sp³-hybridized carbons (Fsp3) is 0.474. The minimum atomic E-state index is -0.188. The zero-order valence-corrected chi connectivity index (χ0v) is 16.2. The molecule has 0 radical (unpaired) electrons. The summed E-state index contributed by atoms with van der Waals surface area (Å²) in [4.78, 5) is 29.4. The first-order chi connectivity index (χ1) is 13.5. The number of hydrogen-bond donors (Lipinski definition) is 2.